The number of nitrogens with one attached hydrogen (secondary N) is 2. The zero-order chi connectivity index (χ0) is 24.8. The maximum atomic E-state index is 13.4. The zero-order valence-corrected chi connectivity index (χ0v) is 19.2. The van der Waals surface area contributed by atoms with Gasteiger partial charge in [-0.2, -0.15) is 0 Å². The van der Waals surface area contributed by atoms with Crippen molar-refractivity contribution in [3.63, 3.8) is 0 Å². The quantitative estimate of drug-likeness (QED) is 0.267. The SMILES string of the molecule is C=C(C)C(=O)OCCNc1ccc(NCCOC(=O)C(=C)C)c2c1C(=O)c1ccccc1C2=O. The summed E-state index contributed by atoms with van der Waals surface area (Å²) in [5.41, 5.74) is 2.60. The van der Waals surface area contributed by atoms with E-state index in [1.54, 1.807) is 50.2 Å². The number of ketones is 2. The maximum Gasteiger partial charge on any atom is 0.333 e. The second-order valence-electron chi connectivity index (χ2n) is 7.80. The second kappa shape index (κ2) is 10.6. The van der Waals surface area contributed by atoms with Crippen LogP contribution >= 0.6 is 0 Å². The van der Waals surface area contributed by atoms with E-state index < -0.39 is 11.9 Å². The number of fused-ring (bicyclic) bond motifs is 2. The molecule has 0 bridgehead atoms. The van der Waals surface area contributed by atoms with Gasteiger partial charge in [-0.3, -0.25) is 9.59 Å². The van der Waals surface area contributed by atoms with E-state index in [-0.39, 0.29) is 49.0 Å². The highest BCUT2D eigenvalue weighted by atomic mass is 16.5. The minimum atomic E-state index is -0.504. The Bertz CT molecular complexity index is 1110. The van der Waals surface area contributed by atoms with E-state index in [1.165, 1.54) is 0 Å². The molecule has 2 aromatic carbocycles. The first-order valence-electron chi connectivity index (χ1n) is 10.7. The third-order valence-corrected chi connectivity index (χ3v) is 5.07. The van der Waals surface area contributed by atoms with Crippen molar-refractivity contribution in [1.29, 1.82) is 0 Å². The molecule has 0 aromatic heterocycles. The molecule has 0 saturated heterocycles. The fourth-order valence-corrected chi connectivity index (χ4v) is 3.42. The van der Waals surface area contributed by atoms with Gasteiger partial charge in [-0.1, -0.05) is 37.4 Å². The van der Waals surface area contributed by atoms with E-state index in [1.807, 2.05) is 0 Å². The average Bonchev–Trinajstić information content (AvgIpc) is 2.82. The monoisotopic (exact) mass is 462 g/mol. The highest BCUT2D eigenvalue weighted by Gasteiger charge is 2.33. The van der Waals surface area contributed by atoms with Crippen molar-refractivity contribution >= 4 is 34.9 Å². The summed E-state index contributed by atoms with van der Waals surface area (Å²) in [7, 11) is 0. The fourth-order valence-electron chi connectivity index (χ4n) is 3.42. The third kappa shape index (κ3) is 5.23. The molecule has 1 aliphatic carbocycles. The van der Waals surface area contributed by atoms with Gasteiger partial charge in [-0.15, -0.1) is 0 Å². The Morgan fingerprint density at radius 3 is 1.47 bits per heavy atom. The molecule has 0 amide bonds. The Morgan fingerprint density at radius 1 is 0.735 bits per heavy atom. The molecule has 1 aliphatic rings. The summed E-state index contributed by atoms with van der Waals surface area (Å²) in [4.78, 5) is 49.9. The van der Waals surface area contributed by atoms with Gasteiger partial charge in [0.1, 0.15) is 13.2 Å². The van der Waals surface area contributed by atoms with Crippen LogP contribution in [-0.2, 0) is 19.1 Å². The smallest absolute Gasteiger partial charge is 0.333 e. The molecule has 2 aromatic rings. The molecule has 0 fully saturated rings. The fraction of sp³-hybridized carbons (Fsp3) is 0.231. The highest BCUT2D eigenvalue weighted by molar-refractivity contribution is 6.31. The van der Waals surface area contributed by atoms with E-state index in [4.69, 9.17) is 9.47 Å². The molecule has 3 rings (SSSR count). The summed E-state index contributed by atoms with van der Waals surface area (Å²) in [5, 5.41) is 6.17. The number of ether oxygens (including phenoxy) is 2. The third-order valence-electron chi connectivity index (χ3n) is 5.07. The van der Waals surface area contributed by atoms with Crippen LogP contribution in [0.25, 0.3) is 0 Å². The van der Waals surface area contributed by atoms with Gasteiger partial charge in [0.15, 0.2) is 11.6 Å². The topological polar surface area (TPSA) is 111 Å². The van der Waals surface area contributed by atoms with Crippen LogP contribution in [0.15, 0.2) is 60.7 Å². The first-order valence-corrected chi connectivity index (χ1v) is 10.7. The predicted octanol–water partition coefficient (Wildman–Crippen LogP) is 3.52. The molecule has 0 saturated carbocycles. The summed E-state index contributed by atoms with van der Waals surface area (Å²) in [5.74, 6) is -1.58. The van der Waals surface area contributed by atoms with Crippen molar-refractivity contribution in [3.8, 4) is 0 Å². The molecular weight excluding hydrogens is 436 g/mol. The Hall–Kier alpha value is -4.20. The summed E-state index contributed by atoms with van der Waals surface area (Å²) >= 11 is 0. The number of carbonyl (C=O) groups excluding carboxylic acids is 4. The molecule has 0 spiro atoms. The summed E-state index contributed by atoms with van der Waals surface area (Å²) in [6.45, 7) is 10.8. The normalized spacial score (nSPS) is 11.7. The molecule has 0 unspecified atom stereocenters. The van der Waals surface area contributed by atoms with E-state index in [0.717, 1.165) is 0 Å². The molecule has 8 nitrogen and oxygen atoms in total. The van der Waals surface area contributed by atoms with Crippen LogP contribution in [0.1, 0.15) is 45.7 Å². The minimum Gasteiger partial charge on any atom is -0.460 e. The molecule has 0 atom stereocenters. The van der Waals surface area contributed by atoms with E-state index >= 15 is 0 Å². The minimum absolute atomic E-state index is 0.0628. The van der Waals surface area contributed by atoms with Crippen molar-refractivity contribution in [3.05, 3.63) is 83.0 Å². The molecular formula is C26H26N2O6. The van der Waals surface area contributed by atoms with E-state index in [0.29, 0.717) is 33.6 Å². The second-order valence-corrected chi connectivity index (χ2v) is 7.80. The largest absolute Gasteiger partial charge is 0.460 e. The number of benzene rings is 2. The highest BCUT2D eigenvalue weighted by Crippen LogP contribution is 2.36. The molecule has 2 N–H and O–H groups in total. The summed E-state index contributed by atoms with van der Waals surface area (Å²) in [6.07, 6.45) is 0. The Balaban J connectivity index is 1.85. The zero-order valence-electron chi connectivity index (χ0n) is 19.2. The molecule has 0 aliphatic heterocycles. The maximum absolute atomic E-state index is 13.4. The van der Waals surface area contributed by atoms with Crippen LogP contribution < -0.4 is 10.6 Å². The van der Waals surface area contributed by atoms with Gasteiger partial charge >= 0.3 is 11.9 Å². The van der Waals surface area contributed by atoms with Gasteiger partial charge in [0, 0.05) is 46.7 Å². The van der Waals surface area contributed by atoms with Gasteiger partial charge in [0.05, 0.1) is 11.1 Å². The van der Waals surface area contributed by atoms with Crippen LogP contribution in [0.5, 0.6) is 0 Å². The van der Waals surface area contributed by atoms with Gasteiger partial charge in [-0.25, -0.2) is 9.59 Å². The van der Waals surface area contributed by atoms with Crippen LogP contribution in [0.2, 0.25) is 0 Å². The Labute approximate surface area is 197 Å². The lowest BCUT2D eigenvalue weighted by atomic mass is 9.82. The van der Waals surface area contributed by atoms with Crippen LogP contribution in [0.4, 0.5) is 11.4 Å². The summed E-state index contributed by atoms with van der Waals surface area (Å²) in [6, 6.07) is 10.0. The predicted molar refractivity (Wildman–Crippen MR) is 128 cm³/mol. The van der Waals surface area contributed by atoms with Crippen molar-refractivity contribution < 1.29 is 28.7 Å². The molecule has 0 heterocycles. The van der Waals surface area contributed by atoms with Crippen molar-refractivity contribution in [2.45, 2.75) is 13.8 Å². The molecule has 34 heavy (non-hydrogen) atoms. The number of hydrogen-bond acceptors (Lipinski definition) is 8. The number of rotatable bonds is 10. The van der Waals surface area contributed by atoms with E-state index in [9.17, 15) is 19.2 Å². The molecule has 176 valence electrons. The lowest BCUT2D eigenvalue weighted by Crippen LogP contribution is -2.25. The number of esters is 2. The van der Waals surface area contributed by atoms with Crippen molar-refractivity contribution in [1.82, 2.24) is 0 Å². The summed E-state index contributed by atoms with van der Waals surface area (Å²) < 4.78 is 10.2. The Morgan fingerprint density at radius 2 is 1.12 bits per heavy atom. The van der Waals surface area contributed by atoms with Gasteiger partial charge in [0.25, 0.3) is 0 Å². The van der Waals surface area contributed by atoms with Gasteiger partial charge in [-0.05, 0) is 26.0 Å². The van der Waals surface area contributed by atoms with Crippen molar-refractivity contribution in [2.24, 2.45) is 0 Å². The van der Waals surface area contributed by atoms with Crippen molar-refractivity contribution in [2.75, 3.05) is 36.9 Å². The first-order chi connectivity index (χ1) is 16.2. The molecule has 8 heteroatoms. The lowest BCUT2D eigenvalue weighted by molar-refractivity contribution is -0.139. The standard InChI is InChI=1S/C26H26N2O6/c1-15(2)25(31)33-13-11-27-19-9-10-20(28-12-14-34-26(32)16(3)4)22-21(19)23(29)17-7-5-6-8-18(17)24(22)30/h5-10,27-28H,1,3,11-14H2,2,4H3. The van der Waals surface area contributed by atoms with E-state index in [2.05, 4.69) is 23.8 Å². The first kappa shape index (κ1) is 24.4. The van der Waals surface area contributed by atoms with Crippen LogP contribution in [-0.4, -0.2) is 49.8 Å². The molecule has 0 radical (unpaired) electrons. The lowest BCUT2D eigenvalue weighted by Gasteiger charge is -2.24. The number of carbonyl (C=O) groups is 4. The van der Waals surface area contributed by atoms with Crippen LogP contribution in [0.3, 0.4) is 0 Å². The Kier molecular flexibility index (Phi) is 7.63. The van der Waals surface area contributed by atoms with Gasteiger partial charge < -0.3 is 20.1 Å². The number of anilines is 2. The van der Waals surface area contributed by atoms with Gasteiger partial charge in [0.2, 0.25) is 0 Å². The average molecular weight is 463 g/mol. The number of hydrogen-bond donors (Lipinski definition) is 2. The van der Waals surface area contributed by atoms with Crippen LogP contribution in [0, 0.1) is 0 Å².